The van der Waals surface area contributed by atoms with Crippen LogP contribution in [0.5, 0.6) is 0 Å². The fourth-order valence-electron chi connectivity index (χ4n) is 5.47. The molecule has 2 heterocycles. The second-order valence-electron chi connectivity index (χ2n) is 10.8. The molecule has 2 amide bonds. The standard InChI is InChI=1S/C34H36FN5O2/c1-25-9-6-12-29-24-39(34(42)31-22-36-26(2)21-37-31)19-7-17-38(23-27-10-4-3-5-11-27)18-8-20-40(32(25)29)33(41)28-13-15-30(35)16-14-28/h3-6,9-16,21-22H,7-8,17-20,23-24H2,1-2H3. The fourth-order valence-corrected chi connectivity index (χ4v) is 5.47. The highest BCUT2D eigenvalue weighted by Crippen LogP contribution is 2.29. The van der Waals surface area contributed by atoms with Crippen LogP contribution in [-0.4, -0.2) is 57.8 Å². The van der Waals surface area contributed by atoms with Crippen LogP contribution < -0.4 is 4.90 Å². The van der Waals surface area contributed by atoms with Gasteiger partial charge in [-0.1, -0.05) is 48.5 Å². The summed E-state index contributed by atoms with van der Waals surface area (Å²) >= 11 is 0. The van der Waals surface area contributed by atoms with Crippen molar-refractivity contribution >= 4 is 17.5 Å². The number of halogens is 1. The Morgan fingerprint density at radius 2 is 1.52 bits per heavy atom. The van der Waals surface area contributed by atoms with Gasteiger partial charge in [-0.15, -0.1) is 0 Å². The second kappa shape index (κ2) is 13.5. The van der Waals surface area contributed by atoms with Crippen molar-refractivity contribution < 1.29 is 14.0 Å². The molecule has 0 N–H and O–H groups in total. The van der Waals surface area contributed by atoms with Crippen molar-refractivity contribution in [1.82, 2.24) is 19.8 Å². The number of benzene rings is 3. The van der Waals surface area contributed by atoms with E-state index in [0.717, 1.165) is 55.0 Å². The van der Waals surface area contributed by atoms with Gasteiger partial charge in [0.25, 0.3) is 11.8 Å². The quantitative estimate of drug-likeness (QED) is 0.312. The van der Waals surface area contributed by atoms with Gasteiger partial charge in [0.05, 0.1) is 17.6 Å². The minimum Gasteiger partial charge on any atom is -0.333 e. The minimum atomic E-state index is -0.387. The van der Waals surface area contributed by atoms with Crippen LogP contribution >= 0.6 is 0 Å². The molecule has 0 radical (unpaired) electrons. The number of amides is 2. The highest BCUT2D eigenvalue weighted by molar-refractivity contribution is 6.07. The number of hydrogen-bond donors (Lipinski definition) is 0. The second-order valence-corrected chi connectivity index (χ2v) is 10.8. The predicted molar refractivity (Wildman–Crippen MR) is 162 cm³/mol. The number of para-hydroxylation sites is 1. The van der Waals surface area contributed by atoms with Crippen molar-refractivity contribution in [3.8, 4) is 0 Å². The number of anilines is 1. The van der Waals surface area contributed by atoms with Gasteiger partial charge in [0.2, 0.25) is 0 Å². The monoisotopic (exact) mass is 565 g/mol. The molecule has 0 unspecified atom stereocenters. The first kappa shape index (κ1) is 29.1. The highest BCUT2D eigenvalue weighted by Gasteiger charge is 2.26. The van der Waals surface area contributed by atoms with Gasteiger partial charge in [-0.05, 0) is 67.6 Å². The number of aryl methyl sites for hydroxylation is 2. The molecular weight excluding hydrogens is 529 g/mol. The Kier molecular flexibility index (Phi) is 9.34. The molecule has 42 heavy (non-hydrogen) atoms. The molecule has 216 valence electrons. The van der Waals surface area contributed by atoms with E-state index in [0.29, 0.717) is 30.9 Å². The number of carbonyl (C=O) groups excluding carboxylic acids is 2. The van der Waals surface area contributed by atoms with Crippen molar-refractivity contribution in [2.75, 3.05) is 31.1 Å². The lowest BCUT2D eigenvalue weighted by atomic mass is 10.0. The molecule has 7 nitrogen and oxygen atoms in total. The van der Waals surface area contributed by atoms with Crippen LogP contribution in [0.15, 0.2) is 85.2 Å². The Hall–Kier alpha value is -4.43. The SMILES string of the molecule is Cc1cnc(C(=O)N2CCCN(Cc3ccccc3)CCCN(C(=O)c3ccc(F)cc3)c3c(C)cccc3C2)cn1. The average molecular weight is 566 g/mol. The van der Waals surface area contributed by atoms with Crippen molar-refractivity contribution in [3.05, 3.63) is 125 Å². The van der Waals surface area contributed by atoms with Crippen LogP contribution in [0.4, 0.5) is 10.1 Å². The third-order valence-electron chi connectivity index (χ3n) is 7.58. The van der Waals surface area contributed by atoms with Crippen LogP contribution in [0, 0.1) is 19.7 Å². The van der Waals surface area contributed by atoms with E-state index in [4.69, 9.17) is 0 Å². The number of nitrogens with zero attached hydrogens (tertiary/aromatic N) is 5. The summed E-state index contributed by atoms with van der Waals surface area (Å²) in [4.78, 5) is 42.4. The zero-order valence-corrected chi connectivity index (χ0v) is 24.2. The van der Waals surface area contributed by atoms with E-state index in [-0.39, 0.29) is 17.6 Å². The minimum absolute atomic E-state index is 0.195. The van der Waals surface area contributed by atoms with Crippen molar-refractivity contribution in [1.29, 1.82) is 0 Å². The van der Waals surface area contributed by atoms with E-state index in [1.54, 1.807) is 16.0 Å². The molecule has 8 heteroatoms. The lowest BCUT2D eigenvalue weighted by molar-refractivity contribution is 0.0727. The third kappa shape index (κ3) is 7.06. The van der Waals surface area contributed by atoms with Crippen LogP contribution in [0.1, 0.15) is 56.1 Å². The summed E-state index contributed by atoms with van der Waals surface area (Å²) in [7, 11) is 0. The Morgan fingerprint density at radius 1 is 0.786 bits per heavy atom. The summed E-state index contributed by atoms with van der Waals surface area (Å²) in [6, 6.07) is 21.9. The van der Waals surface area contributed by atoms with E-state index in [9.17, 15) is 14.0 Å². The van der Waals surface area contributed by atoms with Gasteiger partial charge in [0, 0.05) is 51.0 Å². The summed E-state index contributed by atoms with van der Waals surface area (Å²) in [6.45, 7) is 7.50. The van der Waals surface area contributed by atoms with Gasteiger partial charge >= 0.3 is 0 Å². The number of fused-ring (bicyclic) bond motifs is 1. The summed E-state index contributed by atoms with van der Waals surface area (Å²) in [5.41, 5.74) is 5.27. The zero-order chi connectivity index (χ0) is 29.5. The van der Waals surface area contributed by atoms with Gasteiger partial charge in [-0.3, -0.25) is 19.5 Å². The Balaban J connectivity index is 1.52. The summed E-state index contributed by atoms with van der Waals surface area (Å²) in [6.07, 6.45) is 4.68. The number of hydrogen-bond acceptors (Lipinski definition) is 5. The van der Waals surface area contributed by atoms with Crippen LogP contribution in [0.2, 0.25) is 0 Å². The van der Waals surface area contributed by atoms with Crippen molar-refractivity contribution in [2.24, 2.45) is 0 Å². The molecule has 1 aromatic heterocycles. The van der Waals surface area contributed by atoms with E-state index in [2.05, 4.69) is 27.0 Å². The predicted octanol–water partition coefficient (Wildman–Crippen LogP) is 5.82. The number of aromatic nitrogens is 2. The molecule has 4 aromatic rings. The lowest BCUT2D eigenvalue weighted by Crippen LogP contribution is -2.39. The maximum Gasteiger partial charge on any atom is 0.274 e. The lowest BCUT2D eigenvalue weighted by Gasteiger charge is -2.32. The van der Waals surface area contributed by atoms with E-state index < -0.39 is 0 Å². The van der Waals surface area contributed by atoms with Crippen molar-refractivity contribution in [3.63, 3.8) is 0 Å². The van der Waals surface area contributed by atoms with Crippen LogP contribution in [0.25, 0.3) is 0 Å². The maximum absolute atomic E-state index is 14.0. The molecule has 3 aromatic carbocycles. The topological polar surface area (TPSA) is 69.6 Å². The molecule has 0 spiro atoms. The largest absolute Gasteiger partial charge is 0.333 e. The normalized spacial score (nSPS) is 14.9. The maximum atomic E-state index is 14.0. The Labute approximate surface area is 246 Å². The number of carbonyl (C=O) groups is 2. The van der Waals surface area contributed by atoms with E-state index in [1.165, 1.54) is 36.0 Å². The first-order chi connectivity index (χ1) is 20.4. The van der Waals surface area contributed by atoms with Gasteiger partial charge in [-0.2, -0.15) is 0 Å². The Bertz CT molecular complexity index is 1510. The number of rotatable bonds is 4. The van der Waals surface area contributed by atoms with Gasteiger partial charge in [0.15, 0.2) is 0 Å². The molecule has 0 atom stereocenters. The van der Waals surface area contributed by atoms with E-state index >= 15 is 0 Å². The first-order valence-corrected chi connectivity index (χ1v) is 14.4. The summed E-state index contributed by atoms with van der Waals surface area (Å²) in [5.74, 6) is -0.778. The molecule has 1 aliphatic rings. The molecule has 1 aliphatic heterocycles. The highest BCUT2D eigenvalue weighted by atomic mass is 19.1. The Morgan fingerprint density at radius 3 is 2.24 bits per heavy atom. The third-order valence-corrected chi connectivity index (χ3v) is 7.58. The van der Waals surface area contributed by atoms with Gasteiger partial charge in [0.1, 0.15) is 11.5 Å². The fraction of sp³-hybridized carbons (Fsp3) is 0.294. The van der Waals surface area contributed by atoms with Crippen LogP contribution in [0.3, 0.4) is 0 Å². The zero-order valence-electron chi connectivity index (χ0n) is 24.2. The summed E-state index contributed by atoms with van der Waals surface area (Å²) in [5, 5.41) is 0. The van der Waals surface area contributed by atoms with E-state index in [1.807, 2.05) is 50.2 Å². The molecular formula is C34H36FN5O2. The van der Waals surface area contributed by atoms with Crippen LogP contribution in [-0.2, 0) is 13.1 Å². The molecule has 5 rings (SSSR count). The average Bonchev–Trinajstić information content (AvgIpc) is 2.99. The van der Waals surface area contributed by atoms with Gasteiger partial charge in [-0.25, -0.2) is 9.37 Å². The first-order valence-electron chi connectivity index (χ1n) is 14.4. The van der Waals surface area contributed by atoms with Crippen molar-refractivity contribution in [2.45, 2.75) is 39.8 Å². The smallest absolute Gasteiger partial charge is 0.274 e. The molecule has 0 saturated carbocycles. The summed E-state index contributed by atoms with van der Waals surface area (Å²) < 4.78 is 13.7. The molecule has 0 fully saturated rings. The van der Waals surface area contributed by atoms with Gasteiger partial charge < -0.3 is 9.80 Å². The molecule has 0 aliphatic carbocycles. The molecule has 0 bridgehead atoms. The molecule has 0 saturated heterocycles.